The zero-order chi connectivity index (χ0) is 21.6. The first-order chi connectivity index (χ1) is 13.5. The van der Waals surface area contributed by atoms with Gasteiger partial charge in [0.15, 0.2) is 0 Å². The maximum absolute atomic E-state index is 13.6. The Labute approximate surface area is 170 Å². The second-order valence-electron chi connectivity index (χ2n) is 7.61. The third-order valence-corrected chi connectivity index (χ3v) is 5.10. The Morgan fingerprint density at radius 2 is 1.90 bits per heavy atom. The highest BCUT2D eigenvalue weighted by Gasteiger charge is 2.34. The van der Waals surface area contributed by atoms with E-state index in [-0.39, 0.29) is 13.0 Å². The van der Waals surface area contributed by atoms with Crippen molar-refractivity contribution in [2.75, 3.05) is 19.3 Å². The van der Waals surface area contributed by atoms with Crippen molar-refractivity contribution in [1.82, 2.24) is 14.9 Å². The fourth-order valence-electron chi connectivity index (χ4n) is 3.07. The summed E-state index contributed by atoms with van der Waals surface area (Å²) in [6.45, 7) is 5.11. The van der Waals surface area contributed by atoms with Crippen LogP contribution in [0, 0.1) is 17.6 Å². The van der Waals surface area contributed by atoms with Gasteiger partial charge >= 0.3 is 0 Å². The Balaban J connectivity index is 2.18. The molecule has 0 spiro atoms. The minimum atomic E-state index is -3.59. The Hall–Kier alpha value is -1.75. The Morgan fingerprint density at radius 3 is 2.48 bits per heavy atom. The molecule has 7 nitrogen and oxygen atoms in total. The van der Waals surface area contributed by atoms with E-state index in [9.17, 15) is 22.3 Å². The molecule has 0 saturated carbocycles. The topological polar surface area (TPSA) is 90.9 Å². The number of aliphatic hydroxyl groups excluding tert-OH is 1. The molecule has 1 aliphatic heterocycles. The fourth-order valence-corrected chi connectivity index (χ4v) is 3.62. The minimum Gasteiger partial charge on any atom is -0.462 e. The first kappa shape index (κ1) is 23.5. The molecule has 0 saturated heterocycles. The molecule has 29 heavy (non-hydrogen) atoms. The van der Waals surface area contributed by atoms with E-state index in [0.717, 1.165) is 18.7 Å². The predicted molar refractivity (Wildman–Crippen MR) is 106 cm³/mol. The summed E-state index contributed by atoms with van der Waals surface area (Å²) in [5.41, 5.74) is 0.340. The summed E-state index contributed by atoms with van der Waals surface area (Å²) in [5.74, 6) is -0.936. The number of benzene rings is 1. The van der Waals surface area contributed by atoms with Crippen LogP contribution in [-0.2, 0) is 21.2 Å². The largest absolute Gasteiger partial charge is 0.462 e. The number of nitrogens with zero attached hydrogens (tertiary/aromatic N) is 1. The van der Waals surface area contributed by atoms with E-state index in [0.29, 0.717) is 18.0 Å². The summed E-state index contributed by atoms with van der Waals surface area (Å²) in [7, 11) is -3.59. The van der Waals surface area contributed by atoms with E-state index in [1.807, 2.05) is 0 Å². The van der Waals surface area contributed by atoms with Gasteiger partial charge in [0, 0.05) is 18.8 Å². The van der Waals surface area contributed by atoms with E-state index >= 15 is 0 Å². The van der Waals surface area contributed by atoms with Gasteiger partial charge in [-0.25, -0.2) is 17.2 Å². The third kappa shape index (κ3) is 7.88. The second-order valence-corrected chi connectivity index (χ2v) is 9.39. The lowest BCUT2D eigenvalue weighted by Crippen LogP contribution is -2.54. The molecule has 2 rings (SSSR count). The lowest BCUT2D eigenvalue weighted by molar-refractivity contribution is -0.0188. The second kappa shape index (κ2) is 10.3. The Morgan fingerprint density at radius 1 is 1.24 bits per heavy atom. The normalized spacial score (nSPS) is 18.9. The Kier molecular flexibility index (Phi) is 8.38. The van der Waals surface area contributed by atoms with E-state index < -0.39 is 40.2 Å². The number of rotatable bonds is 11. The summed E-state index contributed by atoms with van der Waals surface area (Å²) in [6, 6.07) is 2.46. The van der Waals surface area contributed by atoms with Gasteiger partial charge in [-0.15, -0.1) is 0 Å². The summed E-state index contributed by atoms with van der Waals surface area (Å²) in [5, 5.41) is 14.0. The zero-order valence-electron chi connectivity index (χ0n) is 16.8. The van der Waals surface area contributed by atoms with Gasteiger partial charge in [-0.05, 0) is 43.0 Å². The number of hydrogen-bond acceptors (Lipinski definition) is 6. The van der Waals surface area contributed by atoms with E-state index in [1.54, 1.807) is 0 Å². The van der Waals surface area contributed by atoms with Crippen LogP contribution < -0.4 is 10.0 Å². The van der Waals surface area contributed by atoms with Crippen molar-refractivity contribution in [3.8, 4) is 0 Å². The molecule has 1 aliphatic rings. The van der Waals surface area contributed by atoms with E-state index in [1.165, 1.54) is 29.5 Å². The van der Waals surface area contributed by atoms with Crippen LogP contribution in [-0.4, -0.2) is 56.3 Å². The molecule has 0 bridgehead atoms. The van der Waals surface area contributed by atoms with Crippen molar-refractivity contribution >= 4 is 10.0 Å². The van der Waals surface area contributed by atoms with Crippen LogP contribution in [0.5, 0.6) is 0 Å². The van der Waals surface area contributed by atoms with Crippen molar-refractivity contribution in [2.24, 2.45) is 5.92 Å². The highest BCUT2D eigenvalue weighted by atomic mass is 32.2. The van der Waals surface area contributed by atoms with Crippen LogP contribution >= 0.6 is 0 Å². The molecule has 0 aliphatic carbocycles. The lowest BCUT2D eigenvalue weighted by Gasteiger charge is -2.35. The van der Waals surface area contributed by atoms with Crippen molar-refractivity contribution in [2.45, 2.75) is 45.2 Å². The first-order valence-electron chi connectivity index (χ1n) is 9.46. The number of aliphatic hydroxyl groups is 1. The highest BCUT2D eigenvalue weighted by Crippen LogP contribution is 2.21. The molecule has 1 heterocycles. The number of halogens is 2. The van der Waals surface area contributed by atoms with Crippen LogP contribution in [0.3, 0.4) is 0 Å². The zero-order valence-corrected chi connectivity index (χ0v) is 17.6. The van der Waals surface area contributed by atoms with Crippen LogP contribution in [0.2, 0.25) is 0 Å². The number of nitrogens with one attached hydrogen (secondary N) is 2. The molecular weight excluding hydrogens is 404 g/mol. The monoisotopic (exact) mass is 433 g/mol. The lowest BCUT2D eigenvalue weighted by atomic mass is 9.99. The highest BCUT2D eigenvalue weighted by molar-refractivity contribution is 7.88. The van der Waals surface area contributed by atoms with Crippen LogP contribution in [0.1, 0.15) is 25.8 Å². The number of sulfonamides is 1. The summed E-state index contributed by atoms with van der Waals surface area (Å²) in [4.78, 5) is 1.50. The van der Waals surface area contributed by atoms with Gasteiger partial charge in [0.05, 0.1) is 18.4 Å². The molecule has 1 aromatic rings. The van der Waals surface area contributed by atoms with Crippen molar-refractivity contribution in [3.05, 3.63) is 47.9 Å². The summed E-state index contributed by atoms with van der Waals surface area (Å²) in [6.07, 6.45) is 2.80. The molecule has 3 atom stereocenters. The van der Waals surface area contributed by atoms with Gasteiger partial charge in [-0.2, -0.15) is 4.72 Å². The Bertz CT molecular complexity index is 784. The SMILES string of the molecule is CC(C)CCNC[C@@H](O)[C@H](Cc1cc(F)cc(F)c1)N1C=COC1NS(C)(=O)=O. The molecule has 3 N–H and O–H groups in total. The molecular formula is C19H29F2N3O4S. The standard InChI is InChI=1S/C19H29F2N3O4S/c1-13(2)4-5-22-12-18(25)17(10-14-8-15(20)11-16(21)9-14)24-6-7-28-19(24)23-29(3,26)27/h6-9,11,13,17-19,22-23,25H,4-5,10,12H2,1-3H3/t17-,18+,19?/m0/s1. The number of ether oxygens (including phenoxy) is 1. The fraction of sp³-hybridized carbons (Fsp3) is 0.579. The van der Waals surface area contributed by atoms with Crippen LogP contribution in [0.25, 0.3) is 0 Å². The smallest absolute Gasteiger partial charge is 0.241 e. The molecule has 0 amide bonds. The van der Waals surface area contributed by atoms with E-state index in [2.05, 4.69) is 23.9 Å². The van der Waals surface area contributed by atoms with Gasteiger partial charge in [0.25, 0.3) is 0 Å². The van der Waals surface area contributed by atoms with Crippen molar-refractivity contribution in [3.63, 3.8) is 0 Å². The third-order valence-electron chi connectivity index (χ3n) is 4.47. The molecule has 1 aromatic carbocycles. The van der Waals surface area contributed by atoms with Gasteiger partial charge in [0.2, 0.25) is 16.4 Å². The van der Waals surface area contributed by atoms with Gasteiger partial charge in [0.1, 0.15) is 17.9 Å². The van der Waals surface area contributed by atoms with Crippen molar-refractivity contribution in [1.29, 1.82) is 0 Å². The summed E-state index contributed by atoms with van der Waals surface area (Å²) < 4.78 is 58.1. The molecule has 10 heteroatoms. The quantitative estimate of drug-likeness (QED) is 0.459. The molecule has 164 valence electrons. The molecule has 0 radical (unpaired) electrons. The number of hydrogen-bond donors (Lipinski definition) is 3. The average molecular weight is 434 g/mol. The van der Waals surface area contributed by atoms with Crippen molar-refractivity contribution < 1.29 is 27.0 Å². The minimum absolute atomic E-state index is 0.0807. The van der Waals surface area contributed by atoms with Gasteiger partial charge in [-0.1, -0.05) is 13.8 Å². The summed E-state index contributed by atoms with van der Waals surface area (Å²) >= 11 is 0. The van der Waals surface area contributed by atoms with Gasteiger partial charge in [-0.3, -0.25) is 0 Å². The molecule has 0 aromatic heterocycles. The maximum atomic E-state index is 13.6. The van der Waals surface area contributed by atoms with Gasteiger partial charge < -0.3 is 20.1 Å². The average Bonchev–Trinajstić information content (AvgIpc) is 3.01. The van der Waals surface area contributed by atoms with Crippen LogP contribution in [0.4, 0.5) is 8.78 Å². The maximum Gasteiger partial charge on any atom is 0.241 e. The van der Waals surface area contributed by atoms with Crippen LogP contribution in [0.15, 0.2) is 30.7 Å². The molecule has 0 fully saturated rings. The predicted octanol–water partition coefficient (Wildman–Crippen LogP) is 1.51. The molecule has 1 unspecified atom stereocenters. The first-order valence-corrected chi connectivity index (χ1v) is 11.3. The van der Waals surface area contributed by atoms with E-state index in [4.69, 9.17) is 4.74 Å².